The summed E-state index contributed by atoms with van der Waals surface area (Å²) in [5.41, 5.74) is 0.737. The van der Waals surface area contributed by atoms with E-state index in [2.05, 4.69) is 48.2 Å². The molecule has 2 N–H and O–H groups in total. The van der Waals surface area contributed by atoms with Crippen molar-refractivity contribution in [3.63, 3.8) is 0 Å². The van der Waals surface area contributed by atoms with Crippen molar-refractivity contribution >= 4 is 17.4 Å². The fourth-order valence-electron chi connectivity index (χ4n) is 3.07. The Labute approximate surface area is 133 Å². The fourth-order valence-corrected chi connectivity index (χ4v) is 3.07. The molecule has 1 aromatic heterocycles. The Balaban J connectivity index is 2.02. The summed E-state index contributed by atoms with van der Waals surface area (Å²) in [4.78, 5) is 19.1. The van der Waals surface area contributed by atoms with Crippen LogP contribution >= 0.6 is 0 Å². The van der Waals surface area contributed by atoms with Gasteiger partial charge in [0.15, 0.2) is 0 Å². The summed E-state index contributed by atoms with van der Waals surface area (Å²) in [6.07, 6.45) is 3.93. The van der Waals surface area contributed by atoms with Crippen molar-refractivity contribution in [2.45, 2.75) is 46.6 Å². The van der Waals surface area contributed by atoms with Crippen LogP contribution in [0.25, 0.3) is 0 Å². The number of hydrogen-bond acceptors (Lipinski definition) is 4. The molecule has 1 amide bonds. The average molecular weight is 304 g/mol. The lowest BCUT2D eigenvalue weighted by molar-refractivity contribution is -0.121. The zero-order valence-electron chi connectivity index (χ0n) is 14.1. The number of nitrogens with zero attached hydrogens (tertiary/aromatic N) is 2. The minimum atomic E-state index is -0.149. The molecule has 1 aliphatic heterocycles. The van der Waals surface area contributed by atoms with Crippen LogP contribution in [0.5, 0.6) is 0 Å². The van der Waals surface area contributed by atoms with Gasteiger partial charge in [0.1, 0.15) is 5.82 Å². The lowest BCUT2D eigenvalue weighted by atomic mass is 9.77. The maximum absolute atomic E-state index is 12.5. The number of piperidine rings is 1. The Bertz CT molecular complexity index is 494. The Morgan fingerprint density at radius 2 is 2.14 bits per heavy atom. The largest absolute Gasteiger partial charge is 0.357 e. The second-order valence-corrected chi connectivity index (χ2v) is 6.55. The van der Waals surface area contributed by atoms with E-state index in [4.69, 9.17) is 0 Å². The smallest absolute Gasteiger partial charge is 0.242 e. The normalized spacial score (nSPS) is 20.5. The number of carbonyl (C=O) groups excluding carboxylic acids is 1. The number of rotatable bonds is 5. The summed E-state index contributed by atoms with van der Waals surface area (Å²) in [6.45, 7) is 11.3. The first-order valence-electron chi connectivity index (χ1n) is 8.23. The SMILES string of the molecule is CCN(CC)c1ccc(NC(=O)C2NCCCC2(C)C)cn1. The van der Waals surface area contributed by atoms with E-state index < -0.39 is 0 Å². The van der Waals surface area contributed by atoms with Crippen molar-refractivity contribution in [2.75, 3.05) is 29.9 Å². The van der Waals surface area contributed by atoms with Crippen molar-refractivity contribution in [2.24, 2.45) is 5.41 Å². The first kappa shape index (κ1) is 16.7. The molecular weight excluding hydrogens is 276 g/mol. The molecule has 1 fully saturated rings. The highest BCUT2D eigenvalue weighted by Gasteiger charge is 2.37. The summed E-state index contributed by atoms with van der Waals surface area (Å²) < 4.78 is 0. The predicted molar refractivity (Wildman–Crippen MR) is 91.2 cm³/mol. The molecule has 5 heteroatoms. The number of nitrogens with one attached hydrogen (secondary N) is 2. The molecule has 22 heavy (non-hydrogen) atoms. The molecule has 0 saturated carbocycles. The van der Waals surface area contributed by atoms with Crippen molar-refractivity contribution in [1.82, 2.24) is 10.3 Å². The van der Waals surface area contributed by atoms with Gasteiger partial charge in [0.25, 0.3) is 0 Å². The first-order valence-corrected chi connectivity index (χ1v) is 8.23. The van der Waals surface area contributed by atoms with Gasteiger partial charge in [-0.15, -0.1) is 0 Å². The molecule has 2 rings (SSSR count). The van der Waals surface area contributed by atoms with E-state index in [9.17, 15) is 4.79 Å². The number of anilines is 2. The van der Waals surface area contributed by atoms with Crippen LogP contribution in [-0.2, 0) is 4.79 Å². The van der Waals surface area contributed by atoms with Crippen LogP contribution in [0.4, 0.5) is 11.5 Å². The number of amides is 1. The summed E-state index contributed by atoms with van der Waals surface area (Å²) in [6, 6.07) is 3.74. The van der Waals surface area contributed by atoms with E-state index in [1.165, 1.54) is 0 Å². The van der Waals surface area contributed by atoms with Crippen LogP contribution in [-0.4, -0.2) is 36.6 Å². The zero-order chi connectivity index (χ0) is 16.2. The molecule has 1 saturated heterocycles. The Morgan fingerprint density at radius 1 is 1.41 bits per heavy atom. The maximum atomic E-state index is 12.5. The second kappa shape index (κ2) is 7.09. The van der Waals surface area contributed by atoms with E-state index in [-0.39, 0.29) is 17.4 Å². The van der Waals surface area contributed by atoms with E-state index in [0.717, 1.165) is 44.0 Å². The van der Waals surface area contributed by atoms with Gasteiger partial charge in [-0.25, -0.2) is 4.98 Å². The Kier molecular flexibility index (Phi) is 5.40. The van der Waals surface area contributed by atoms with Crippen LogP contribution < -0.4 is 15.5 Å². The van der Waals surface area contributed by atoms with Crippen LogP contribution in [0.3, 0.4) is 0 Å². The molecule has 0 bridgehead atoms. The first-order chi connectivity index (χ1) is 10.5. The van der Waals surface area contributed by atoms with Crippen molar-refractivity contribution in [3.8, 4) is 0 Å². The highest BCUT2D eigenvalue weighted by Crippen LogP contribution is 2.30. The minimum absolute atomic E-state index is 0.0169. The van der Waals surface area contributed by atoms with E-state index >= 15 is 0 Å². The summed E-state index contributed by atoms with van der Waals surface area (Å²) >= 11 is 0. The van der Waals surface area contributed by atoms with Crippen LogP contribution in [0.15, 0.2) is 18.3 Å². The quantitative estimate of drug-likeness (QED) is 0.878. The van der Waals surface area contributed by atoms with Gasteiger partial charge in [-0.2, -0.15) is 0 Å². The van der Waals surface area contributed by atoms with E-state index in [0.29, 0.717) is 0 Å². The highest BCUT2D eigenvalue weighted by atomic mass is 16.2. The van der Waals surface area contributed by atoms with Gasteiger partial charge in [0, 0.05) is 13.1 Å². The van der Waals surface area contributed by atoms with E-state index in [1.54, 1.807) is 6.20 Å². The number of pyridine rings is 1. The Morgan fingerprint density at radius 3 is 2.68 bits per heavy atom. The molecule has 1 unspecified atom stereocenters. The fraction of sp³-hybridized carbons (Fsp3) is 0.647. The molecule has 0 aliphatic carbocycles. The Hall–Kier alpha value is -1.62. The van der Waals surface area contributed by atoms with Crippen molar-refractivity contribution < 1.29 is 4.79 Å². The highest BCUT2D eigenvalue weighted by molar-refractivity contribution is 5.95. The molecule has 0 spiro atoms. The van der Waals surface area contributed by atoms with Gasteiger partial charge in [-0.3, -0.25) is 4.79 Å². The lowest BCUT2D eigenvalue weighted by Crippen LogP contribution is -2.53. The molecule has 5 nitrogen and oxygen atoms in total. The van der Waals surface area contributed by atoms with Gasteiger partial charge in [0.2, 0.25) is 5.91 Å². The average Bonchev–Trinajstić information content (AvgIpc) is 2.49. The molecule has 0 radical (unpaired) electrons. The summed E-state index contributed by atoms with van der Waals surface area (Å²) in [7, 11) is 0. The molecule has 0 aromatic carbocycles. The van der Waals surface area contributed by atoms with Crippen LogP contribution in [0.1, 0.15) is 40.5 Å². The monoisotopic (exact) mass is 304 g/mol. The number of aromatic nitrogens is 1. The zero-order valence-corrected chi connectivity index (χ0v) is 14.1. The third-order valence-electron chi connectivity index (χ3n) is 4.49. The van der Waals surface area contributed by atoms with E-state index in [1.807, 2.05) is 12.1 Å². The van der Waals surface area contributed by atoms with Crippen LogP contribution in [0.2, 0.25) is 0 Å². The van der Waals surface area contributed by atoms with Crippen molar-refractivity contribution in [3.05, 3.63) is 18.3 Å². The second-order valence-electron chi connectivity index (χ2n) is 6.55. The minimum Gasteiger partial charge on any atom is -0.357 e. The standard InChI is InChI=1S/C17H28N4O/c1-5-21(6-2)14-9-8-13(12-19-14)20-16(22)15-17(3,4)10-7-11-18-15/h8-9,12,15,18H,5-7,10-11H2,1-4H3,(H,20,22). The third-order valence-corrected chi connectivity index (χ3v) is 4.49. The summed E-state index contributed by atoms with van der Waals surface area (Å²) in [5, 5.41) is 6.32. The van der Waals surface area contributed by atoms with Gasteiger partial charge in [-0.1, -0.05) is 13.8 Å². The number of carbonyl (C=O) groups is 1. The van der Waals surface area contributed by atoms with Gasteiger partial charge >= 0.3 is 0 Å². The molecular formula is C17H28N4O. The molecule has 122 valence electrons. The molecule has 2 heterocycles. The maximum Gasteiger partial charge on any atom is 0.242 e. The molecule has 1 aromatic rings. The van der Waals surface area contributed by atoms with Crippen LogP contribution in [0, 0.1) is 5.41 Å². The third kappa shape index (κ3) is 3.77. The number of hydrogen-bond donors (Lipinski definition) is 2. The molecule has 1 atom stereocenters. The summed E-state index contributed by atoms with van der Waals surface area (Å²) in [5.74, 6) is 0.973. The van der Waals surface area contributed by atoms with Gasteiger partial charge < -0.3 is 15.5 Å². The molecule has 1 aliphatic rings. The topological polar surface area (TPSA) is 57.3 Å². The predicted octanol–water partition coefficient (Wildman–Crippen LogP) is 2.64. The lowest BCUT2D eigenvalue weighted by Gasteiger charge is -2.38. The van der Waals surface area contributed by atoms with Gasteiger partial charge in [0.05, 0.1) is 17.9 Å². The van der Waals surface area contributed by atoms with Gasteiger partial charge in [-0.05, 0) is 50.8 Å². The van der Waals surface area contributed by atoms with Crippen molar-refractivity contribution in [1.29, 1.82) is 0 Å².